The third-order valence-corrected chi connectivity index (χ3v) is 7.55. The summed E-state index contributed by atoms with van der Waals surface area (Å²) >= 11 is 0. The first-order valence-electron chi connectivity index (χ1n) is 14.0. The van der Waals surface area contributed by atoms with Crippen LogP contribution in [0.25, 0.3) is 0 Å². The second-order valence-electron chi connectivity index (χ2n) is 11.4. The van der Waals surface area contributed by atoms with E-state index in [1.807, 2.05) is 114 Å². The fraction of sp³-hybridized carbons (Fsp3) is 0.222. The third kappa shape index (κ3) is 4.83. The number of anilines is 1. The van der Waals surface area contributed by atoms with Gasteiger partial charge in [0.1, 0.15) is 16.9 Å². The SMILES string of the molecule is C=CC[C@@]1(NC(=O)OC(C)(C)C)C(=O)N(C(c2ccccc2)(c2ccccc2)c2ccccc2)c2ccc(OC)cc21. The first kappa shape index (κ1) is 28.7. The van der Waals surface area contributed by atoms with Gasteiger partial charge in [-0.15, -0.1) is 6.58 Å². The molecular formula is C36H36N2O4. The first-order valence-corrected chi connectivity index (χ1v) is 14.0. The summed E-state index contributed by atoms with van der Waals surface area (Å²) in [6.07, 6.45) is 1.09. The molecule has 0 spiro atoms. The van der Waals surface area contributed by atoms with Gasteiger partial charge in [0.25, 0.3) is 5.91 Å². The molecule has 0 unspecified atom stereocenters. The molecule has 2 amide bonds. The highest BCUT2D eigenvalue weighted by molar-refractivity contribution is 6.11. The molecule has 4 aromatic carbocycles. The van der Waals surface area contributed by atoms with Gasteiger partial charge in [-0.3, -0.25) is 9.69 Å². The molecule has 1 aliphatic rings. The monoisotopic (exact) mass is 560 g/mol. The van der Waals surface area contributed by atoms with E-state index in [0.717, 1.165) is 16.7 Å². The molecule has 1 heterocycles. The number of amides is 2. The number of rotatable bonds is 8. The van der Waals surface area contributed by atoms with Crippen molar-refractivity contribution in [3.63, 3.8) is 0 Å². The molecule has 6 nitrogen and oxygen atoms in total. The van der Waals surface area contributed by atoms with E-state index >= 15 is 4.79 Å². The van der Waals surface area contributed by atoms with Crippen molar-refractivity contribution in [2.75, 3.05) is 12.0 Å². The van der Waals surface area contributed by atoms with Gasteiger partial charge in [0.2, 0.25) is 0 Å². The normalized spacial score (nSPS) is 16.5. The van der Waals surface area contributed by atoms with Crippen LogP contribution < -0.4 is 15.0 Å². The number of carbonyl (C=O) groups is 2. The predicted molar refractivity (Wildman–Crippen MR) is 166 cm³/mol. The van der Waals surface area contributed by atoms with E-state index in [0.29, 0.717) is 17.0 Å². The summed E-state index contributed by atoms with van der Waals surface area (Å²) in [7, 11) is 1.58. The van der Waals surface area contributed by atoms with E-state index in [4.69, 9.17) is 9.47 Å². The highest BCUT2D eigenvalue weighted by atomic mass is 16.6. The summed E-state index contributed by atoms with van der Waals surface area (Å²) in [5.41, 5.74) is 0.567. The lowest BCUT2D eigenvalue weighted by molar-refractivity contribution is -0.125. The Kier molecular flexibility index (Phi) is 7.65. The van der Waals surface area contributed by atoms with Crippen LogP contribution in [0.2, 0.25) is 0 Å². The Morgan fingerprint density at radius 1 is 0.857 bits per heavy atom. The van der Waals surface area contributed by atoms with Crippen molar-refractivity contribution in [1.82, 2.24) is 5.32 Å². The molecule has 0 radical (unpaired) electrons. The number of carbonyl (C=O) groups excluding carboxylic acids is 2. The molecule has 214 valence electrons. The molecule has 0 saturated heterocycles. The number of hydrogen-bond donors (Lipinski definition) is 1. The molecule has 0 aliphatic carbocycles. The van der Waals surface area contributed by atoms with Crippen molar-refractivity contribution in [3.05, 3.63) is 144 Å². The molecule has 4 aromatic rings. The van der Waals surface area contributed by atoms with Crippen molar-refractivity contribution < 1.29 is 19.1 Å². The number of benzene rings is 4. The Bertz CT molecular complexity index is 1480. The van der Waals surface area contributed by atoms with Crippen LogP contribution in [0.15, 0.2) is 122 Å². The van der Waals surface area contributed by atoms with E-state index in [9.17, 15) is 4.79 Å². The molecule has 6 heteroatoms. The van der Waals surface area contributed by atoms with Crippen LogP contribution in [0.1, 0.15) is 49.4 Å². The summed E-state index contributed by atoms with van der Waals surface area (Å²) in [4.78, 5) is 30.5. The van der Waals surface area contributed by atoms with Gasteiger partial charge < -0.3 is 14.8 Å². The van der Waals surface area contributed by atoms with Crippen molar-refractivity contribution in [1.29, 1.82) is 0 Å². The number of ether oxygens (including phenoxy) is 2. The van der Waals surface area contributed by atoms with Crippen LogP contribution in [0.4, 0.5) is 10.5 Å². The average molecular weight is 561 g/mol. The molecule has 0 aromatic heterocycles. The molecule has 0 bridgehead atoms. The number of nitrogens with one attached hydrogen (secondary N) is 1. The molecule has 5 rings (SSSR count). The van der Waals surface area contributed by atoms with Gasteiger partial charge in [-0.2, -0.15) is 0 Å². The van der Waals surface area contributed by atoms with Gasteiger partial charge in [-0.25, -0.2) is 4.79 Å². The highest BCUT2D eigenvalue weighted by Crippen LogP contribution is 2.54. The minimum Gasteiger partial charge on any atom is -0.497 e. The second-order valence-corrected chi connectivity index (χ2v) is 11.4. The number of methoxy groups -OCH3 is 1. The summed E-state index contributed by atoms with van der Waals surface area (Å²) in [5.74, 6) is 0.251. The van der Waals surface area contributed by atoms with Gasteiger partial charge in [0, 0.05) is 12.0 Å². The Morgan fingerprint density at radius 3 is 1.79 bits per heavy atom. The lowest BCUT2D eigenvalue weighted by Gasteiger charge is -2.44. The molecule has 1 atom stereocenters. The van der Waals surface area contributed by atoms with Gasteiger partial charge in [0.15, 0.2) is 5.54 Å². The zero-order valence-electron chi connectivity index (χ0n) is 24.5. The Labute approximate surface area is 247 Å². The van der Waals surface area contributed by atoms with Crippen LogP contribution in [0.5, 0.6) is 5.75 Å². The average Bonchev–Trinajstić information content (AvgIpc) is 3.21. The molecule has 1 aliphatic heterocycles. The Balaban J connectivity index is 1.87. The maximum absolute atomic E-state index is 15.3. The lowest BCUT2D eigenvalue weighted by atomic mass is 9.75. The topological polar surface area (TPSA) is 67.9 Å². The Morgan fingerprint density at radius 2 is 1.36 bits per heavy atom. The number of fused-ring (bicyclic) bond motifs is 1. The summed E-state index contributed by atoms with van der Waals surface area (Å²) in [6.45, 7) is 9.34. The molecule has 0 fully saturated rings. The van der Waals surface area contributed by atoms with Crippen LogP contribution in [0.3, 0.4) is 0 Å². The van der Waals surface area contributed by atoms with Gasteiger partial charge in [0.05, 0.1) is 12.8 Å². The van der Waals surface area contributed by atoms with E-state index < -0.39 is 22.8 Å². The maximum atomic E-state index is 15.3. The largest absolute Gasteiger partial charge is 0.497 e. The minimum absolute atomic E-state index is 0.135. The Hall–Kier alpha value is -4.84. The quantitative estimate of drug-likeness (QED) is 0.181. The van der Waals surface area contributed by atoms with E-state index in [2.05, 4.69) is 11.9 Å². The van der Waals surface area contributed by atoms with Crippen LogP contribution in [-0.4, -0.2) is 24.7 Å². The van der Waals surface area contributed by atoms with Gasteiger partial charge in [-0.05, 0) is 55.7 Å². The van der Waals surface area contributed by atoms with E-state index in [1.54, 1.807) is 34.0 Å². The van der Waals surface area contributed by atoms with E-state index in [1.165, 1.54) is 0 Å². The molecule has 0 saturated carbocycles. The molecule has 42 heavy (non-hydrogen) atoms. The molecule has 1 N–H and O–H groups in total. The van der Waals surface area contributed by atoms with Crippen LogP contribution in [0, 0.1) is 0 Å². The van der Waals surface area contributed by atoms with E-state index in [-0.39, 0.29) is 12.3 Å². The van der Waals surface area contributed by atoms with Crippen molar-refractivity contribution in [2.45, 2.75) is 43.9 Å². The number of alkyl carbamates (subject to hydrolysis) is 1. The summed E-state index contributed by atoms with van der Waals surface area (Å²) < 4.78 is 11.3. The van der Waals surface area contributed by atoms with Crippen molar-refractivity contribution in [3.8, 4) is 5.75 Å². The van der Waals surface area contributed by atoms with Crippen LogP contribution >= 0.6 is 0 Å². The van der Waals surface area contributed by atoms with Gasteiger partial charge >= 0.3 is 6.09 Å². The fourth-order valence-electron chi connectivity index (χ4n) is 5.92. The van der Waals surface area contributed by atoms with Gasteiger partial charge in [-0.1, -0.05) is 97.1 Å². The van der Waals surface area contributed by atoms with Crippen molar-refractivity contribution >= 4 is 17.7 Å². The number of nitrogens with zero attached hydrogens (tertiary/aromatic N) is 1. The zero-order valence-corrected chi connectivity index (χ0v) is 24.5. The third-order valence-electron chi connectivity index (χ3n) is 7.55. The minimum atomic E-state index is -1.50. The predicted octanol–water partition coefficient (Wildman–Crippen LogP) is 7.33. The lowest BCUT2D eigenvalue weighted by Crippen LogP contribution is -2.58. The molecular weight excluding hydrogens is 524 g/mol. The second kappa shape index (κ2) is 11.2. The highest BCUT2D eigenvalue weighted by Gasteiger charge is 2.59. The van der Waals surface area contributed by atoms with Crippen LogP contribution in [-0.2, 0) is 20.6 Å². The summed E-state index contributed by atoms with van der Waals surface area (Å²) in [6, 6.07) is 35.5. The first-order chi connectivity index (χ1) is 20.2. The zero-order chi connectivity index (χ0) is 30.0. The fourth-order valence-corrected chi connectivity index (χ4v) is 5.92. The number of hydrogen-bond acceptors (Lipinski definition) is 4. The maximum Gasteiger partial charge on any atom is 0.408 e. The summed E-state index contributed by atoms with van der Waals surface area (Å²) in [5, 5.41) is 2.98. The van der Waals surface area contributed by atoms with Crippen molar-refractivity contribution in [2.24, 2.45) is 0 Å². The smallest absolute Gasteiger partial charge is 0.408 e. The standard InChI is InChI=1S/C36H36N2O4/c1-6-24-35(37-33(40)42-34(2,3)4)30-25-29(41-5)22-23-31(30)38(32(35)39)36(26-16-10-7-11-17-26,27-18-12-8-13-19-27)28-20-14-9-15-21-28/h6-23,25H,1,24H2,2-5H3,(H,37,40)/t35-/m0/s1.